The molecular weight excluding hydrogens is 330 g/mol. The molecule has 0 saturated carbocycles. The first-order chi connectivity index (χ1) is 12.5. The van der Waals surface area contributed by atoms with Gasteiger partial charge in [-0.2, -0.15) is 5.10 Å². The molecule has 6 nitrogen and oxygen atoms in total. The summed E-state index contributed by atoms with van der Waals surface area (Å²) in [6.45, 7) is 3.57. The average Bonchev–Trinajstić information content (AvgIpc) is 3.23. The molecule has 1 aromatic carbocycles. The Morgan fingerprint density at radius 2 is 2.04 bits per heavy atom. The zero-order chi connectivity index (χ0) is 18.5. The lowest BCUT2D eigenvalue weighted by molar-refractivity contribution is -0.147. The van der Waals surface area contributed by atoms with E-state index in [0.29, 0.717) is 12.2 Å². The van der Waals surface area contributed by atoms with E-state index in [4.69, 9.17) is 4.74 Å². The van der Waals surface area contributed by atoms with Crippen molar-refractivity contribution < 1.29 is 14.3 Å². The van der Waals surface area contributed by atoms with Gasteiger partial charge in [-0.15, -0.1) is 0 Å². The summed E-state index contributed by atoms with van der Waals surface area (Å²) in [6, 6.07) is 9.62. The maximum Gasteiger partial charge on any atom is 0.306 e. The number of benzene rings is 1. The highest BCUT2D eigenvalue weighted by Crippen LogP contribution is 2.21. The van der Waals surface area contributed by atoms with E-state index < -0.39 is 0 Å². The number of carbonyl (C=O) groups is 2. The van der Waals surface area contributed by atoms with Crippen LogP contribution in [0.5, 0.6) is 0 Å². The fraction of sp³-hybridized carbons (Fsp3) is 0.350. The molecule has 0 saturated heterocycles. The lowest BCUT2D eigenvalue weighted by atomic mass is 10.1. The van der Waals surface area contributed by atoms with Crippen LogP contribution in [0.1, 0.15) is 30.5 Å². The first-order valence-electron chi connectivity index (χ1n) is 8.77. The number of hydrogen-bond donors (Lipinski definition) is 1. The second-order valence-electron chi connectivity index (χ2n) is 6.60. The van der Waals surface area contributed by atoms with Crippen LogP contribution in [-0.2, 0) is 14.3 Å². The fourth-order valence-corrected chi connectivity index (χ4v) is 2.93. The third kappa shape index (κ3) is 4.59. The van der Waals surface area contributed by atoms with Crippen molar-refractivity contribution in [2.24, 2.45) is 5.92 Å². The summed E-state index contributed by atoms with van der Waals surface area (Å²) in [5.41, 5.74) is 2.78. The van der Waals surface area contributed by atoms with E-state index in [-0.39, 0.29) is 24.4 Å². The molecule has 6 heteroatoms. The molecule has 1 heterocycles. The topological polar surface area (TPSA) is 73.2 Å². The van der Waals surface area contributed by atoms with Gasteiger partial charge in [-0.1, -0.05) is 29.8 Å². The van der Waals surface area contributed by atoms with Crippen molar-refractivity contribution in [3.8, 4) is 5.69 Å². The van der Waals surface area contributed by atoms with Gasteiger partial charge >= 0.3 is 5.97 Å². The van der Waals surface area contributed by atoms with E-state index in [9.17, 15) is 9.59 Å². The van der Waals surface area contributed by atoms with Crippen LogP contribution in [0.15, 0.2) is 42.5 Å². The molecule has 1 atom stereocenters. The summed E-state index contributed by atoms with van der Waals surface area (Å²) in [4.78, 5) is 24.0. The zero-order valence-electron chi connectivity index (χ0n) is 15.1. The molecule has 0 fully saturated rings. The van der Waals surface area contributed by atoms with Crippen LogP contribution in [0.3, 0.4) is 0 Å². The Kier molecular flexibility index (Phi) is 5.51. The van der Waals surface area contributed by atoms with Crippen LogP contribution in [0.2, 0.25) is 0 Å². The molecule has 1 aliphatic carbocycles. The number of nitrogens with zero attached hydrogens (tertiary/aromatic N) is 2. The average molecular weight is 353 g/mol. The summed E-state index contributed by atoms with van der Waals surface area (Å²) in [5, 5.41) is 7.18. The van der Waals surface area contributed by atoms with Crippen molar-refractivity contribution in [1.29, 1.82) is 0 Å². The SMILES string of the molecule is Cc1ccc(-n2nc(C)cc2NC(=O)COC(=O)C[C@@H]2C=CCC2)cc1. The second-order valence-corrected chi connectivity index (χ2v) is 6.60. The molecule has 1 aliphatic rings. The standard InChI is InChI=1S/C20H23N3O3/c1-14-7-9-17(10-8-14)23-18(11-15(2)22-23)21-19(24)13-26-20(25)12-16-5-3-4-6-16/h3,5,7-11,16H,4,6,12-13H2,1-2H3,(H,21,24)/t16-/m1/s1. The molecule has 0 unspecified atom stereocenters. The minimum absolute atomic E-state index is 0.233. The molecule has 1 aromatic heterocycles. The second kappa shape index (κ2) is 7.99. The van der Waals surface area contributed by atoms with Gasteiger partial charge in [0, 0.05) is 6.07 Å². The van der Waals surface area contributed by atoms with Gasteiger partial charge in [0.15, 0.2) is 6.61 Å². The Balaban J connectivity index is 1.58. The van der Waals surface area contributed by atoms with Gasteiger partial charge in [0.05, 0.1) is 17.8 Å². The van der Waals surface area contributed by atoms with E-state index in [1.165, 1.54) is 0 Å². The number of ether oxygens (including phenoxy) is 1. The predicted octanol–water partition coefficient (Wildman–Crippen LogP) is 3.33. The van der Waals surface area contributed by atoms with Crippen LogP contribution in [-0.4, -0.2) is 28.3 Å². The molecule has 136 valence electrons. The molecule has 0 spiro atoms. The maximum absolute atomic E-state index is 12.2. The lowest BCUT2D eigenvalue weighted by Gasteiger charge is -2.10. The van der Waals surface area contributed by atoms with Gasteiger partial charge < -0.3 is 10.1 Å². The zero-order valence-corrected chi connectivity index (χ0v) is 15.1. The number of anilines is 1. The summed E-state index contributed by atoms with van der Waals surface area (Å²) >= 11 is 0. The third-order valence-corrected chi connectivity index (χ3v) is 4.28. The molecule has 1 N–H and O–H groups in total. The minimum atomic E-state index is -0.381. The van der Waals surface area contributed by atoms with Crippen LogP contribution < -0.4 is 5.32 Å². The number of amides is 1. The van der Waals surface area contributed by atoms with Gasteiger partial charge in [-0.25, -0.2) is 4.68 Å². The van der Waals surface area contributed by atoms with Gasteiger partial charge in [0.25, 0.3) is 5.91 Å². The summed E-state index contributed by atoms with van der Waals surface area (Å²) in [7, 11) is 0. The van der Waals surface area contributed by atoms with E-state index in [1.54, 1.807) is 10.7 Å². The first-order valence-corrected chi connectivity index (χ1v) is 8.77. The minimum Gasteiger partial charge on any atom is -0.456 e. The third-order valence-electron chi connectivity index (χ3n) is 4.28. The number of hydrogen-bond acceptors (Lipinski definition) is 4. The number of rotatable bonds is 6. The van der Waals surface area contributed by atoms with E-state index in [1.807, 2.05) is 44.2 Å². The number of aromatic nitrogens is 2. The quantitative estimate of drug-likeness (QED) is 0.639. The summed E-state index contributed by atoms with van der Waals surface area (Å²) < 4.78 is 6.76. The fourth-order valence-electron chi connectivity index (χ4n) is 2.93. The van der Waals surface area contributed by atoms with Crippen LogP contribution in [0.4, 0.5) is 5.82 Å². The molecule has 1 amide bonds. The molecule has 2 aromatic rings. The number of esters is 1. The van der Waals surface area contributed by atoms with Gasteiger partial charge in [0.1, 0.15) is 5.82 Å². The van der Waals surface area contributed by atoms with Crippen molar-refractivity contribution in [3.05, 3.63) is 53.7 Å². The number of allylic oxidation sites excluding steroid dienone is 2. The molecular formula is C20H23N3O3. The van der Waals surface area contributed by atoms with Crippen LogP contribution in [0.25, 0.3) is 5.69 Å². The first kappa shape index (κ1) is 17.9. The van der Waals surface area contributed by atoms with Crippen LogP contribution in [0, 0.1) is 19.8 Å². The van der Waals surface area contributed by atoms with Crippen molar-refractivity contribution in [1.82, 2.24) is 9.78 Å². The Bertz CT molecular complexity index is 821. The maximum atomic E-state index is 12.2. The van der Waals surface area contributed by atoms with E-state index in [0.717, 1.165) is 29.8 Å². The van der Waals surface area contributed by atoms with Gasteiger partial charge in [-0.05, 0) is 44.7 Å². The van der Waals surface area contributed by atoms with Crippen molar-refractivity contribution >= 4 is 17.7 Å². The largest absolute Gasteiger partial charge is 0.456 e. The van der Waals surface area contributed by atoms with E-state index >= 15 is 0 Å². The molecule has 0 bridgehead atoms. The van der Waals surface area contributed by atoms with Crippen molar-refractivity contribution in [3.63, 3.8) is 0 Å². The highest BCUT2D eigenvalue weighted by atomic mass is 16.5. The summed E-state index contributed by atoms with van der Waals surface area (Å²) in [5.74, 6) is 0.0517. The Morgan fingerprint density at radius 1 is 1.27 bits per heavy atom. The van der Waals surface area contributed by atoms with E-state index in [2.05, 4.69) is 16.5 Å². The highest BCUT2D eigenvalue weighted by molar-refractivity contribution is 5.92. The number of aryl methyl sites for hydroxylation is 2. The molecule has 3 rings (SSSR count). The van der Waals surface area contributed by atoms with Crippen LogP contribution >= 0.6 is 0 Å². The van der Waals surface area contributed by atoms with Gasteiger partial charge in [0.2, 0.25) is 0 Å². The van der Waals surface area contributed by atoms with Crippen molar-refractivity contribution in [2.75, 3.05) is 11.9 Å². The molecule has 26 heavy (non-hydrogen) atoms. The van der Waals surface area contributed by atoms with Crippen molar-refractivity contribution in [2.45, 2.75) is 33.1 Å². The predicted molar refractivity (Wildman–Crippen MR) is 99.1 cm³/mol. The summed E-state index contributed by atoms with van der Waals surface area (Å²) in [6.07, 6.45) is 6.39. The number of carbonyl (C=O) groups excluding carboxylic acids is 2. The van der Waals surface area contributed by atoms with Gasteiger partial charge in [-0.3, -0.25) is 9.59 Å². The molecule has 0 radical (unpaired) electrons. The highest BCUT2D eigenvalue weighted by Gasteiger charge is 2.17. The Morgan fingerprint density at radius 3 is 2.73 bits per heavy atom. The molecule has 0 aliphatic heterocycles. The normalized spacial score (nSPS) is 15.8. The lowest BCUT2D eigenvalue weighted by Crippen LogP contribution is -2.23. The monoisotopic (exact) mass is 353 g/mol. The smallest absolute Gasteiger partial charge is 0.306 e. The number of nitrogens with one attached hydrogen (secondary N) is 1. The Hall–Kier alpha value is -2.89. The Labute approximate surface area is 152 Å².